The lowest BCUT2D eigenvalue weighted by molar-refractivity contribution is -0.222. The average Bonchev–Trinajstić information content (AvgIpc) is 2.71. The van der Waals surface area contributed by atoms with Crippen LogP contribution in [0.3, 0.4) is 0 Å². The zero-order valence-electron chi connectivity index (χ0n) is 13.6. The van der Waals surface area contributed by atoms with Gasteiger partial charge in [0.25, 0.3) is 5.79 Å². The summed E-state index contributed by atoms with van der Waals surface area (Å²) >= 11 is 0. The lowest BCUT2D eigenvalue weighted by Crippen LogP contribution is -2.41. The van der Waals surface area contributed by atoms with E-state index in [4.69, 9.17) is 9.47 Å². The van der Waals surface area contributed by atoms with Crippen LogP contribution in [0.25, 0.3) is 0 Å². The molecule has 2 aliphatic rings. The minimum absolute atomic E-state index is 0.209. The second-order valence-corrected chi connectivity index (χ2v) is 6.12. The van der Waals surface area contributed by atoms with Gasteiger partial charge in [0.1, 0.15) is 11.3 Å². The number of ether oxygens (including phenoxy) is 2. The van der Waals surface area contributed by atoms with Gasteiger partial charge < -0.3 is 19.5 Å². The maximum Gasteiger partial charge on any atom is 0.348 e. The molecule has 0 aliphatic carbocycles. The fourth-order valence-electron chi connectivity index (χ4n) is 2.48. The molecule has 2 fully saturated rings. The van der Waals surface area contributed by atoms with E-state index in [2.05, 4.69) is 4.90 Å². The van der Waals surface area contributed by atoms with Gasteiger partial charge >= 0.3 is 11.9 Å². The quantitative estimate of drug-likeness (QED) is 0.283. The molecule has 0 spiro atoms. The molecule has 6 nitrogen and oxygen atoms in total. The van der Waals surface area contributed by atoms with Crippen LogP contribution in [-0.2, 0) is 19.1 Å². The van der Waals surface area contributed by atoms with Gasteiger partial charge in [-0.15, -0.1) is 0 Å². The molecule has 0 radical (unpaired) electrons. The average molecular weight is 321 g/mol. The molecule has 6 heteroatoms. The van der Waals surface area contributed by atoms with E-state index in [-0.39, 0.29) is 11.3 Å². The summed E-state index contributed by atoms with van der Waals surface area (Å²) in [5, 5.41) is 9.85. The normalized spacial score (nSPS) is 22.6. The van der Waals surface area contributed by atoms with E-state index in [0.29, 0.717) is 0 Å². The Morgan fingerprint density at radius 2 is 1.65 bits per heavy atom. The number of hydrogen-bond donors (Lipinski definition) is 1. The summed E-state index contributed by atoms with van der Waals surface area (Å²) in [6.45, 7) is 4.94. The van der Waals surface area contributed by atoms with Crippen LogP contribution in [0.4, 0.5) is 0 Å². The number of rotatable bonds is 3. The molecule has 0 saturated carbocycles. The number of hydrogen-bond acceptors (Lipinski definition) is 6. The highest BCUT2D eigenvalue weighted by Crippen LogP contribution is 2.23. The molecular formula is C17H23NO5. The van der Waals surface area contributed by atoms with E-state index >= 15 is 0 Å². The molecule has 0 atom stereocenters. The van der Waals surface area contributed by atoms with Crippen LogP contribution in [0.5, 0.6) is 0 Å². The number of carbonyl (C=O) groups excluding carboxylic acids is 2. The highest BCUT2D eigenvalue weighted by Gasteiger charge is 2.38. The number of likely N-dealkylation sites (tertiary alicyclic amines) is 1. The Labute approximate surface area is 136 Å². The predicted molar refractivity (Wildman–Crippen MR) is 84.2 cm³/mol. The minimum Gasteiger partial charge on any atom is -0.508 e. The van der Waals surface area contributed by atoms with Crippen LogP contribution < -0.4 is 0 Å². The van der Waals surface area contributed by atoms with E-state index in [9.17, 15) is 14.7 Å². The van der Waals surface area contributed by atoms with Crippen molar-refractivity contribution in [3.63, 3.8) is 0 Å². The third-order valence-electron chi connectivity index (χ3n) is 3.61. The van der Waals surface area contributed by atoms with Crippen molar-refractivity contribution < 1.29 is 24.2 Å². The van der Waals surface area contributed by atoms with Gasteiger partial charge in [-0.25, -0.2) is 9.59 Å². The molecule has 0 bridgehead atoms. The monoisotopic (exact) mass is 321 g/mol. The summed E-state index contributed by atoms with van der Waals surface area (Å²) in [6, 6.07) is 0. The molecule has 0 aromatic rings. The molecule has 0 aromatic heterocycles. The van der Waals surface area contributed by atoms with E-state index in [1.54, 1.807) is 6.08 Å². The number of esters is 2. The molecule has 2 rings (SSSR count). The second kappa shape index (κ2) is 7.35. The first-order chi connectivity index (χ1) is 10.9. The summed E-state index contributed by atoms with van der Waals surface area (Å²) in [6.07, 6.45) is 10.9. The Balaban J connectivity index is 2.00. The first kappa shape index (κ1) is 17.1. The van der Waals surface area contributed by atoms with Crippen molar-refractivity contribution in [2.75, 3.05) is 13.1 Å². The standard InChI is InChI=1S/C17H23NO5/c1-17(2)22-15(20)14(16(21)23-17)12-13(19)8-7-11-18-9-5-3-4-6-10-18/h7-8,11-12,19H,3-6,9-10H2,1-2H3/b11-7+,13-8-. The predicted octanol–water partition coefficient (Wildman–Crippen LogP) is 2.58. The maximum absolute atomic E-state index is 11.8. The van der Waals surface area contributed by atoms with Gasteiger partial charge in [-0.1, -0.05) is 12.8 Å². The Morgan fingerprint density at radius 1 is 1.09 bits per heavy atom. The van der Waals surface area contributed by atoms with Crippen LogP contribution in [0.1, 0.15) is 39.5 Å². The van der Waals surface area contributed by atoms with Crippen LogP contribution in [0.2, 0.25) is 0 Å². The van der Waals surface area contributed by atoms with Crippen LogP contribution >= 0.6 is 0 Å². The van der Waals surface area contributed by atoms with Crippen molar-refractivity contribution in [2.24, 2.45) is 0 Å². The van der Waals surface area contributed by atoms with E-state index < -0.39 is 17.7 Å². The summed E-state index contributed by atoms with van der Waals surface area (Å²) in [5.41, 5.74) is -0.318. The van der Waals surface area contributed by atoms with Gasteiger partial charge in [0.15, 0.2) is 0 Å². The van der Waals surface area contributed by atoms with Crippen LogP contribution in [0.15, 0.2) is 35.8 Å². The summed E-state index contributed by atoms with van der Waals surface area (Å²) in [7, 11) is 0. The summed E-state index contributed by atoms with van der Waals surface area (Å²) in [4.78, 5) is 25.7. The minimum atomic E-state index is -1.28. The molecule has 2 heterocycles. The third-order valence-corrected chi connectivity index (χ3v) is 3.61. The largest absolute Gasteiger partial charge is 0.508 e. The molecule has 0 unspecified atom stereocenters. The van der Waals surface area contributed by atoms with Gasteiger partial charge in [-0.2, -0.15) is 0 Å². The molecule has 0 aromatic carbocycles. The molecule has 2 aliphatic heterocycles. The smallest absolute Gasteiger partial charge is 0.348 e. The topological polar surface area (TPSA) is 76.1 Å². The first-order valence-corrected chi connectivity index (χ1v) is 7.87. The van der Waals surface area contributed by atoms with Crippen molar-refractivity contribution in [3.05, 3.63) is 35.8 Å². The van der Waals surface area contributed by atoms with Crippen LogP contribution in [-0.4, -0.2) is 40.8 Å². The van der Waals surface area contributed by atoms with E-state index in [1.165, 1.54) is 32.8 Å². The molecular weight excluding hydrogens is 298 g/mol. The number of aliphatic hydroxyl groups is 1. The van der Waals surface area contributed by atoms with Crippen molar-refractivity contribution in [1.29, 1.82) is 0 Å². The number of cyclic esters (lactones) is 2. The lowest BCUT2D eigenvalue weighted by Gasteiger charge is -2.29. The summed E-state index contributed by atoms with van der Waals surface area (Å²) in [5.74, 6) is -3.09. The number of aliphatic hydroxyl groups excluding tert-OH is 1. The number of carbonyl (C=O) groups is 2. The Bertz CT molecular complexity index is 529. The highest BCUT2D eigenvalue weighted by atomic mass is 16.7. The number of nitrogens with zero attached hydrogens (tertiary/aromatic N) is 1. The molecule has 0 amide bonds. The van der Waals surface area contributed by atoms with E-state index in [1.807, 2.05) is 6.20 Å². The fourth-order valence-corrected chi connectivity index (χ4v) is 2.48. The van der Waals surface area contributed by atoms with Crippen molar-refractivity contribution in [1.82, 2.24) is 4.90 Å². The first-order valence-electron chi connectivity index (χ1n) is 7.87. The molecule has 2 saturated heterocycles. The SMILES string of the molecule is CC1(C)OC(=O)C(=C/C(O)=C/C=C/N2CCCCCC2)C(=O)O1. The zero-order chi connectivity index (χ0) is 16.9. The molecule has 126 valence electrons. The summed E-state index contributed by atoms with van der Waals surface area (Å²) < 4.78 is 9.91. The van der Waals surface area contributed by atoms with Gasteiger partial charge in [0, 0.05) is 33.0 Å². The van der Waals surface area contributed by atoms with Gasteiger partial charge in [0.2, 0.25) is 0 Å². The van der Waals surface area contributed by atoms with Crippen LogP contribution in [0, 0.1) is 0 Å². The Hall–Kier alpha value is -2.24. The fraction of sp³-hybridized carbons (Fsp3) is 0.529. The highest BCUT2D eigenvalue weighted by molar-refractivity contribution is 6.15. The third kappa shape index (κ3) is 5.16. The van der Waals surface area contributed by atoms with Gasteiger partial charge in [-0.05, 0) is 31.2 Å². The number of allylic oxidation sites excluding steroid dienone is 3. The van der Waals surface area contributed by atoms with Crippen molar-refractivity contribution in [2.45, 2.75) is 45.3 Å². The van der Waals surface area contributed by atoms with Crippen molar-refractivity contribution >= 4 is 11.9 Å². The molecule has 1 N–H and O–H groups in total. The van der Waals surface area contributed by atoms with E-state index in [0.717, 1.165) is 32.0 Å². The van der Waals surface area contributed by atoms with Gasteiger partial charge in [0.05, 0.1) is 0 Å². The van der Waals surface area contributed by atoms with Gasteiger partial charge in [-0.3, -0.25) is 0 Å². The lowest BCUT2D eigenvalue weighted by atomic mass is 10.2. The molecule has 23 heavy (non-hydrogen) atoms. The second-order valence-electron chi connectivity index (χ2n) is 6.12. The maximum atomic E-state index is 11.8. The Morgan fingerprint density at radius 3 is 2.22 bits per heavy atom. The Kier molecular flexibility index (Phi) is 5.47. The zero-order valence-corrected chi connectivity index (χ0v) is 13.6. The van der Waals surface area contributed by atoms with Crippen molar-refractivity contribution in [3.8, 4) is 0 Å².